The summed E-state index contributed by atoms with van der Waals surface area (Å²) in [6, 6.07) is 4.44. The number of aromatic nitrogens is 2. The molecule has 1 unspecified atom stereocenters. The van der Waals surface area contributed by atoms with Crippen LogP contribution in [0, 0.1) is 0 Å². The maximum atomic E-state index is 4.44. The SMILES string of the molecule is CNC(C)c1cnc(Cc2ccncc2)s1. The normalized spacial score (nSPS) is 12.6. The van der Waals surface area contributed by atoms with Crippen LogP contribution >= 0.6 is 11.3 Å². The Kier molecular flexibility index (Phi) is 3.64. The molecule has 2 aromatic heterocycles. The van der Waals surface area contributed by atoms with Gasteiger partial charge in [0.2, 0.25) is 0 Å². The molecular formula is C12H15N3S. The minimum atomic E-state index is 0.378. The van der Waals surface area contributed by atoms with E-state index in [2.05, 4.69) is 22.2 Å². The predicted octanol–water partition coefficient (Wildman–Crippen LogP) is 2.41. The van der Waals surface area contributed by atoms with Crippen molar-refractivity contribution in [2.24, 2.45) is 0 Å². The van der Waals surface area contributed by atoms with Crippen LogP contribution in [-0.4, -0.2) is 17.0 Å². The highest BCUT2D eigenvalue weighted by Gasteiger charge is 2.07. The van der Waals surface area contributed by atoms with E-state index in [0.717, 1.165) is 11.4 Å². The monoisotopic (exact) mass is 233 g/mol. The molecule has 1 atom stereocenters. The van der Waals surface area contributed by atoms with Crippen LogP contribution in [0.5, 0.6) is 0 Å². The van der Waals surface area contributed by atoms with E-state index in [1.54, 1.807) is 11.3 Å². The van der Waals surface area contributed by atoms with Gasteiger partial charge in [0.1, 0.15) is 0 Å². The maximum absolute atomic E-state index is 4.44. The smallest absolute Gasteiger partial charge is 0.0972 e. The first-order valence-electron chi connectivity index (χ1n) is 5.30. The van der Waals surface area contributed by atoms with Gasteiger partial charge in [0.15, 0.2) is 0 Å². The molecule has 0 spiro atoms. The number of pyridine rings is 1. The number of hydrogen-bond donors (Lipinski definition) is 1. The molecule has 0 aliphatic heterocycles. The first-order chi connectivity index (χ1) is 7.79. The Labute approximate surface area is 99.6 Å². The van der Waals surface area contributed by atoms with Crippen molar-refractivity contribution in [3.8, 4) is 0 Å². The van der Waals surface area contributed by atoms with Gasteiger partial charge in [-0.2, -0.15) is 0 Å². The fourth-order valence-electron chi connectivity index (χ4n) is 1.42. The average molecular weight is 233 g/mol. The lowest BCUT2D eigenvalue weighted by molar-refractivity contribution is 0.662. The molecule has 0 aliphatic carbocycles. The zero-order valence-corrected chi connectivity index (χ0v) is 10.3. The van der Waals surface area contributed by atoms with Crippen molar-refractivity contribution in [3.05, 3.63) is 46.2 Å². The summed E-state index contributed by atoms with van der Waals surface area (Å²) in [7, 11) is 1.97. The van der Waals surface area contributed by atoms with E-state index in [4.69, 9.17) is 0 Å². The molecule has 16 heavy (non-hydrogen) atoms. The quantitative estimate of drug-likeness (QED) is 0.881. The molecule has 1 N–H and O–H groups in total. The topological polar surface area (TPSA) is 37.8 Å². The van der Waals surface area contributed by atoms with Gasteiger partial charge in [-0.15, -0.1) is 11.3 Å². The largest absolute Gasteiger partial charge is 0.312 e. The molecule has 84 valence electrons. The Morgan fingerprint density at radius 3 is 2.81 bits per heavy atom. The molecule has 0 amide bonds. The molecule has 0 radical (unpaired) electrons. The Balaban J connectivity index is 2.09. The summed E-state index contributed by atoms with van der Waals surface area (Å²) in [6.45, 7) is 2.14. The van der Waals surface area contributed by atoms with Gasteiger partial charge in [-0.3, -0.25) is 4.98 Å². The lowest BCUT2D eigenvalue weighted by Gasteiger charge is -2.04. The standard InChI is InChI=1S/C12H15N3S/c1-9(13-2)11-8-15-12(16-11)7-10-3-5-14-6-4-10/h3-6,8-9,13H,7H2,1-2H3. The van der Waals surface area contributed by atoms with Crippen LogP contribution in [0.1, 0.15) is 28.4 Å². The summed E-state index contributed by atoms with van der Waals surface area (Å²) < 4.78 is 0. The summed E-state index contributed by atoms with van der Waals surface area (Å²) in [6.07, 6.45) is 6.49. The summed E-state index contributed by atoms with van der Waals surface area (Å²) in [4.78, 5) is 9.73. The van der Waals surface area contributed by atoms with E-state index in [-0.39, 0.29) is 0 Å². The van der Waals surface area contributed by atoms with E-state index in [1.165, 1.54) is 10.4 Å². The van der Waals surface area contributed by atoms with Crippen LogP contribution in [0.15, 0.2) is 30.7 Å². The summed E-state index contributed by atoms with van der Waals surface area (Å²) >= 11 is 1.77. The maximum Gasteiger partial charge on any atom is 0.0972 e. The highest BCUT2D eigenvalue weighted by molar-refractivity contribution is 7.11. The Morgan fingerprint density at radius 2 is 2.12 bits per heavy atom. The number of nitrogens with one attached hydrogen (secondary N) is 1. The van der Waals surface area contributed by atoms with E-state index < -0.39 is 0 Å². The van der Waals surface area contributed by atoms with Crippen molar-refractivity contribution >= 4 is 11.3 Å². The summed E-state index contributed by atoms with van der Waals surface area (Å²) in [5, 5.41) is 4.37. The number of hydrogen-bond acceptors (Lipinski definition) is 4. The number of thiazole rings is 1. The molecule has 3 nitrogen and oxygen atoms in total. The molecule has 2 heterocycles. The van der Waals surface area contributed by atoms with Crippen LogP contribution in [0.25, 0.3) is 0 Å². The predicted molar refractivity (Wildman–Crippen MR) is 66.6 cm³/mol. The van der Waals surface area contributed by atoms with Crippen LogP contribution in [0.4, 0.5) is 0 Å². The lowest BCUT2D eigenvalue weighted by atomic mass is 10.2. The minimum absolute atomic E-state index is 0.378. The van der Waals surface area contributed by atoms with E-state index in [0.29, 0.717) is 6.04 Å². The molecule has 0 aromatic carbocycles. The van der Waals surface area contributed by atoms with Crippen molar-refractivity contribution in [3.63, 3.8) is 0 Å². The van der Waals surface area contributed by atoms with Crippen molar-refractivity contribution < 1.29 is 0 Å². The first kappa shape index (κ1) is 11.2. The zero-order chi connectivity index (χ0) is 11.4. The van der Waals surface area contributed by atoms with E-state index in [1.807, 2.05) is 37.8 Å². The van der Waals surface area contributed by atoms with Crippen molar-refractivity contribution in [2.45, 2.75) is 19.4 Å². The van der Waals surface area contributed by atoms with Crippen LogP contribution in [0.2, 0.25) is 0 Å². The summed E-state index contributed by atoms with van der Waals surface area (Å²) in [5.41, 5.74) is 1.26. The fourth-order valence-corrected chi connectivity index (χ4v) is 2.44. The second-order valence-electron chi connectivity index (χ2n) is 3.70. The third-order valence-electron chi connectivity index (χ3n) is 2.54. The van der Waals surface area contributed by atoms with Gasteiger partial charge in [0.05, 0.1) is 5.01 Å². The molecule has 4 heteroatoms. The van der Waals surface area contributed by atoms with Crippen LogP contribution in [-0.2, 0) is 6.42 Å². The highest BCUT2D eigenvalue weighted by atomic mass is 32.1. The third-order valence-corrected chi connectivity index (χ3v) is 3.72. The average Bonchev–Trinajstić information content (AvgIpc) is 2.78. The Bertz CT molecular complexity index is 439. The lowest BCUT2D eigenvalue weighted by Crippen LogP contribution is -2.10. The number of rotatable bonds is 4. The first-order valence-corrected chi connectivity index (χ1v) is 6.12. The van der Waals surface area contributed by atoms with Gasteiger partial charge < -0.3 is 5.32 Å². The van der Waals surface area contributed by atoms with Crippen molar-refractivity contribution in [1.82, 2.24) is 15.3 Å². The Hall–Kier alpha value is -1.26. The van der Waals surface area contributed by atoms with Crippen LogP contribution in [0.3, 0.4) is 0 Å². The summed E-state index contributed by atoms with van der Waals surface area (Å²) in [5.74, 6) is 0. The van der Waals surface area contributed by atoms with Gasteiger partial charge in [0, 0.05) is 35.9 Å². The number of nitrogens with zero attached hydrogens (tertiary/aromatic N) is 2. The molecule has 2 rings (SSSR count). The second-order valence-corrected chi connectivity index (χ2v) is 4.85. The molecule has 0 saturated heterocycles. The molecule has 0 fully saturated rings. The molecule has 2 aromatic rings. The fraction of sp³-hybridized carbons (Fsp3) is 0.333. The molecule has 0 aliphatic rings. The van der Waals surface area contributed by atoms with E-state index >= 15 is 0 Å². The molecule has 0 bridgehead atoms. The van der Waals surface area contributed by atoms with Gasteiger partial charge in [-0.25, -0.2) is 4.98 Å². The van der Waals surface area contributed by atoms with Gasteiger partial charge in [0.25, 0.3) is 0 Å². The molecular weight excluding hydrogens is 218 g/mol. The second kappa shape index (κ2) is 5.18. The van der Waals surface area contributed by atoms with Crippen LogP contribution < -0.4 is 5.32 Å². The van der Waals surface area contributed by atoms with Gasteiger partial charge in [-0.05, 0) is 31.7 Å². The minimum Gasteiger partial charge on any atom is -0.312 e. The highest BCUT2D eigenvalue weighted by Crippen LogP contribution is 2.21. The van der Waals surface area contributed by atoms with Gasteiger partial charge >= 0.3 is 0 Å². The third kappa shape index (κ3) is 2.65. The molecule has 0 saturated carbocycles. The zero-order valence-electron chi connectivity index (χ0n) is 9.47. The van der Waals surface area contributed by atoms with Crippen molar-refractivity contribution in [2.75, 3.05) is 7.05 Å². The Morgan fingerprint density at radius 1 is 1.38 bits per heavy atom. The van der Waals surface area contributed by atoms with Crippen molar-refractivity contribution in [1.29, 1.82) is 0 Å². The van der Waals surface area contributed by atoms with Gasteiger partial charge in [-0.1, -0.05) is 0 Å². The van der Waals surface area contributed by atoms with E-state index in [9.17, 15) is 0 Å².